The number of nitrogens with zero attached hydrogens (tertiary/aromatic N) is 3. The minimum atomic E-state index is -3.89. The zero-order valence-electron chi connectivity index (χ0n) is 21.5. The fourth-order valence-corrected chi connectivity index (χ4v) is 7.77. The van der Waals surface area contributed by atoms with E-state index in [2.05, 4.69) is 5.92 Å². The van der Waals surface area contributed by atoms with Gasteiger partial charge in [0.15, 0.2) is 0 Å². The SMILES string of the molecule is C#Cc1cc(OCC)ccc1S(=O)(=O)N1C[C@@H](CC2CCCC2)[C@@H](n2nc(CC(=O)O)c3ccccc32)C1. The second-order valence-electron chi connectivity index (χ2n) is 10.2. The van der Waals surface area contributed by atoms with E-state index in [-0.39, 0.29) is 35.4 Å². The standard InChI is InChI=1S/C29H33N3O5S/c1-3-21-16-23(37-4-2)13-14-28(21)38(35,36)31-18-22(15-20-9-5-6-10-20)27(19-31)32-26-12-8-7-11-24(26)25(30-32)17-29(33)34/h1,7-8,11-14,16,20,22,27H,4-6,9-10,15,17-19H2,2H3,(H,33,34)/t22-,27+/m1/s1. The molecule has 0 amide bonds. The minimum Gasteiger partial charge on any atom is -0.494 e. The van der Waals surface area contributed by atoms with Crippen molar-refractivity contribution in [2.45, 2.75) is 56.4 Å². The summed E-state index contributed by atoms with van der Waals surface area (Å²) in [7, 11) is -3.89. The van der Waals surface area contributed by atoms with E-state index in [0.717, 1.165) is 30.2 Å². The topological polar surface area (TPSA) is 102 Å². The molecule has 0 spiro atoms. The van der Waals surface area contributed by atoms with E-state index >= 15 is 0 Å². The van der Waals surface area contributed by atoms with Gasteiger partial charge in [-0.05, 0) is 49.4 Å². The molecule has 1 aliphatic carbocycles. The Morgan fingerprint density at radius 1 is 1.18 bits per heavy atom. The monoisotopic (exact) mass is 535 g/mol. The van der Waals surface area contributed by atoms with E-state index < -0.39 is 16.0 Å². The van der Waals surface area contributed by atoms with Gasteiger partial charge < -0.3 is 9.84 Å². The summed E-state index contributed by atoms with van der Waals surface area (Å²) < 4.78 is 36.8. The number of carbonyl (C=O) groups is 1. The Morgan fingerprint density at radius 2 is 1.95 bits per heavy atom. The predicted octanol–water partition coefficient (Wildman–Crippen LogP) is 4.49. The largest absolute Gasteiger partial charge is 0.494 e. The third-order valence-electron chi connectivity index (χ3n) is 7.84. The third-order valence-corrected chi connectivity index (χ3v) is 9.73. The number of ether oxygens (including phenoxy) is 1. The summed E-state index contributed by atoms with van der Waals surface area (Å²) in [5, 5.41) is 15.0. The van der Waals surface area contributed by atoms with Crippen LogP contribution in [0.2, 0.25) is 0 Å². The molecule has 0 unspecified atom stereocenters. The summed E-state index contributed by atoms with van der Waals surface area (Å²) in [6.45, 7) is 2.92. The van der Waals surface area contributed by atoms with Crippen molar-refractivity contribution in [2.75, 3.05) is 19.7 Å². The number of carboxylic acids is 1. The number of aromatic nitrogens is 2. The van der Waals surface area contributed by atoms with Gasteiger partial charge in [-0.1, -0.05) is 49.8 Å². The van der Waals surface area contributed by atoms with Gasteiger partial charge in [-0.2, -0.15) is 9.40 Å². The number of rotatable bonds is 9. The van der Waals surface area contributed by atoms with E-state index in [1.54, 1.807) is 12.1 Å². The Kier molecular flexibility index (Phi) is 7.46. The number of hydrogen-bond acceptors (Lipinski definition) is 5. The van der Waals surface area contributed by atoms with Crippen LogP contribution in [-0.4, -0.2) is 53.3 Å². The van der Waals surface area contributed by atoms with E-state index in [1.807, 2.05) is 35.9 Å². The lowest BCUT2D eigenvalue weighted by atomic mass is 9.90. The molecule has 0 bridgehead atoms. The van der Waals surface area contributed by atoms with Gasteiger partial charge in [0.1, 0.15) is 5.75 Å². The summed E-state index contributed by atoms with van der Waals surface area (Å²) in [5.74, 6) is 2.71. The van der Waals surface area contributed by atoms with Crippen LogP contribution in [0.1, 0.15) is 56.3 Å². The summed E-state index contributed by atoms with van der Waals surface area (Å²) in [5.41, 5.74) is 1.60. The first-order valence-corrected chi connectivity index (χ1v) is 14.7. The number of fused-ring (bicyclic) bond motifs is 1. The smallest absolute Gasteiger partial charge is 0.309 e. The normalized spacial score (nSPS) is 20.6. The molecule has 1 N–H and O–H groups in total. The highest BCUT2D eigenvalue weighted by Gasteiger charge is 2.43. The van der Waals surface area contributed by atoms with Gasteiger partial charge in [0.25, 0.3) is 0 Å². The average molecular weight is 536 g/mol. The maximum atomic E-state index is 13.9. The Morgan fingerprint density at radius 3 is 2.66 bits per heavy atom. The lowest BCUT2D eigenvalue weighted by Gasteiger charge is -2.22. The quantitative estimate of drug-likeness (QED) is 0.405. The van der Waals surface area contributed by atoms with Gasteiger partial charge in [0, 0.05) is 24.0 Å². The van der Waals surface area contributed by atoms with Gasteiger partial charge in [0.2, 0.25) is 10.0 Å². The Labute approximate surface area is 223 Å². The molecule has 2 atom stereocenters. The van der Waals surface area contributed by atoms with Crippen LogP contribution < -0.4 is 4.74 Å². The van der Waals surface area contributed by atoms with Gasteiger partial charge in [-0.15, -0.1) is 6.42 Å². The van der Waals surface area contributed by atoms with E-state index in [1.165, 1.54) is 23.2 Å². The molecular formula is C29H33N3O5S. The second kappa shape index (κ2) is 10.8. The molecule has 9 heteroatoms. The van der Waals surface area contributed by atoms with E-state index in [9.17, 15) is 18.3 Å². The summed E-state index contributed by atoms with van der Waals surface area (Å²) in [6.07, 6.45) is 11.2. The van der Waals surface area contributed by atoms with Crippen LogP contribution in [0.25, 0.3) is 10.9 Å². The van der Waals surface area contributed by atoms with E-state index in [4.69, 9.17) is 16.3 Å². The van der Waals surface area contributed by atoms with Gasteiger partial charge >= 0.3 is 5.97 Å². The number of benzene rings is 2. The first kappa shape index (κ1) is 26.3. The highest BCUT2D eigenvalue weighted by Crippen LogP contribution is 2.41. The zero-order valence-corrected chi connectivity index (χ0v) is 22.4. The molecule has 1 saturated heterocycles. The summed E-state index contributed by atoms with van der Waals surface area (Å²) in [4.78, 5) is 11.6. The number of sulfonamides is 1. The molecule has 1 aliphatic heterocycles. The van der Waals surface area contributed by atoms with Crippen molar-refractivity contribution >= 4 is 26.9 Å². The molecule has 0 radical (unpaired) electrons. The van der Waals surface area contributed by atoms with Crippen LogP contribution in [0.4, 0.5) is 0 Å². The third kappa shape index (κ3) is 5.03. The molecule has 2 aromatic carbocycles. The molecule has 2 aliphatic rings. The number of carboxylic acid groups (broad SMARTS) is 1. The van der Waals surface area contributed by atoms with Crippen LogP contribution >= 0.6 is 0 Å². The second-order valence-corrected chi connectivity index (χ2v) is 12.2. The first-order chi connectivity index (χ1) is 18.3. The summed E-state index contributed by atoms with van der Waals surface area (Å²) >= 11 is 0. The number of terminal acetylenes is 1. The predicted molar refractivity (Wildman–Crippen MR) is 144 cm³/mol. The maximum absolute atomic E-state index is 13.9. The van der Waals surface area contributed by atoms with Crippen molar-refractivity contribution in [3.05, 3.63) is 53.7 Å². The van der Waals surface area contributed by atoms with Crippen LogP contribution in [0.5, 0.6) is 5.75 Å². The molecule has 3 aromatic rings. The van der Waals surface area contributed by atoms with Crippen molar-refractivity contribution in [3.8, 4) is 18.1 Å². The Hall–Kier alpha value is -3.35. The van der Waals surface area contributed by atoms with Crippen molar-refractivity contribution in [1.82, 2.24) is 14.1 Å². The molecule has 1 saturated carbocycles. The van der Waals surface area contributed by atoms with Gasteiger partial charge in [0.05, 0.1) is 35.2 Å². The van der Waals surface area contributed by atoms with Crippen molar-refractivity contribution in [3.63, 3.8) is 0 Å². The van der Waals surface area contributed by atoms with Crippen LogP contribution in [-0.2, 0) is 21.2 Å². The van der Waals surface area contributed by atoms with Gasteiger partial charge in [-0.25, -0.2) is 8.42 Å². The van der Waals surface area contributed by atoms with Crippen molar-refractivity contribution in [2.24, 2.45) is 11.8 Å². The van der Waals surface area contributed by atoms with Gasteiger partial charge in [-0.3, -0.25) is 9.48 Å². The molecule has 8 nitrogen and oxygen atoms in total. The zero-order chi connectivity index (χ0) is 26.9. The molecule has 2 heterocycles. The number of aliphatic carboxylic acids is 1. The average Bonchev–Trinajstić information content (AvgIpc) is 3.64. The van der Waals surface area contributed by atoms with Crippen LogP contribution in [0.3, 0.4) is 0 Å². The highest BCUT2D eigenvalue weighted by molar-refractivity contribution is 7.89. The molecule has 5 rings (SSSR count). The molecular weight excluding hydrogens is 502 g/mol. The lowest BCUT2D eigenvalue weighted by Crippen LogP contribution is -2.30. The highest BCUT2D eigenvalue weighted by atomic mass is 32.2. The van der Waals surface area contributed by atoms with Crippen molar-refractivity contribution in [1.29, 1.82) is 0 Å². The lowest BCUT2D eigenvalue weighted by molar-refractivity contribution is -0.136. The maximum Gasteiger partial charge on any atom is 0.309 e. The Balaban J connectivity index is 1.53. The minimum absolute atomic E-state index is 0.0471. The Bertz CT molecular complexity index is 1480. The molecule has 2 fully saturated rings. The van der Waals surface area contributed by atoms with Crippen LogP contribution in [0.15, 0.2) is 47.4 Å². The summed E-state index contributed by atoms with van der Waals surface area (Å²) in [6, 6.07) is 12.1. The first-order valence-electron chi connectivity index (χ1n) is 13.2. The van der Waals surface area contributed by atoms with Crippen LogP contribution in [0, 0.1) is 24.2 Å². The fourth-order valence-electron chi connectivity index (χ4n) is 6.12. The van der Waals surface area contributed by atoms with E-state index in [0.29, 0.717) is 30.5 Å². The molecule has 1 aromatic heterocycles. The fraction of sp³-hybridized carbons (Fsp3) is 0.448. The number of hydrogen-bond donors (Lipinski definition) is 1. The molecule has 200 valence electrons. The molecule has 38 heavy (non-hydrogen) atoms. The number of para-hydroxylation sites is 1. The van der Waals surface area contributed by atoms with Crippen molar-refractivity contribution < 1.29 is 23.1 Å².